The first-order valence-electron chi connectivity index (χ1n) is 7.27. The lowest BCUT2D eigenvalue weighted by Crippen LogP contribution is -2.33. The number of carbonyl (C=O) groups excluding carboxylic acids is 1. The van der Waals surface area contributed by atoms with Gasteiger partial charge in [-0.05, 0) is 26.3 Å². The molecule has 0 spiro atoms. The average Bonchev–Trinajstić information content (AvgIpc) is 3.08. The van der Waals surface area contributed by atoms with E-state index in [2.05, 4.69) is 15.5 Å². The number of hydrogen-bond donors (Lipinski definition) is 1. The first-order valence-corrected chi connectivity index (χ1v) is 7.65. The first-order chi connectivity index (χ1) is 11.2. The summed E-state index contributed by atoms with van der Waals surface area (Å²) >= 11 is 5.74. The molecule has 0 radical (unpaired) electrons. The molecule has 1 unspecified atom stereocenters. The Bertz CT molecular complexity index is 710. The van der Waals surface area contributed by atoms with E-state index in [0.29, 0.717) is 24.5 Å². The smallest absolute Gasteiger partial charge is 0.354 e. The normalized spacial score (nSPS) is 13.1. The van der Waals surface area contributed by atoms with Gasteiger partial charge in [0.15, 0.2) is 5.69 Å². The van der Waals surface area contributed by atoms with Crippen LogP contribution < -0.4 is 5.32 Å². The minimum Gasteiger partial charge on any atom is -0.354 e. The van der Waals surface area contributed by atoms with Crippen molar-refractivity contribution in [2.45, 2.75) is 39.0 Å². The highest BCUT2D eigenvalue weighted by molar-refractivity contribution is 6.30. The maximum Gasteiger partial charge on any atom is 0.435 e. The van der Waals surface area contributed by atoms with Crippen LogP contribution in [-0.4, -0.2) is 32.0 Å². The van der Waals surface area contributed by atoms with Gasteiger partial charge in [0.2, 0.25) is 5.91 Å². The van der Waals surface area contributed by atoms with Crippen molar-refractivity contribution in [3.05, 3.63) is 34.9 Å². The molecule has 1 atom stereocenters. The molecule has 0 bridgehead atoms. The highest BCUT2D eigenvalue weighted by Gasteiger charge is 2.35. The zero-order chi connectivity index (χ0) is 17.9. The molecule has 2 rings (SSSR count). The van der Waals surface area contributed by atoms with E-state index in [4.69, 9.17) is 11.6 Å². The van der Waals surface area contributed by atoms with Crippen LogP contribution in [-0.2, 0) is 17.5 Å². The quantitative estimate of drug-likeness (QED) is 0.803. The predicted molar refractivity (Wildman–Crippen MR) is 81.5 cm³/mol. The maximum atomic E-state index is 12.7. The van der Waals surface area contributed by atoms with Crippen molar-refractivity contribution in [1.82, 2.24) is 24.9 Å². The Morgan fingerprint density at radius 2 is 2.17 bits per heavy atom. The third-order valence-corrected chi connectivity index (χ3v) is 3.62. The van der Waals surface area contributed by atoms with Gasteiger partial charge in [-0.15, -0.1) is 0 Å². The number of aromatic nitrogens is 4. The summed E-state index contributed by atoms with van der Waals surface area (Å²) in [7, 11) is 0. The summed E-state index contributed by atoms with van der Waals surface area (Å²) < 4.78 is 40.7. The van der Waals surface area contributed by atoms with Gasteiger partial charge in [-0.1, -0.05) is 11.6 Å². The van der Waals surface area contributed by atoms with Gasteiger partial charge in [-0.25, -0.2) is 0 Å². The van der Waals surface area contributed by atoms with E-state index < -0.39 is 23.8 Å². The van der Waals surface area contributed by atoms with Crippen LogP contribution in [0.15, 0.2) is 18.5 Å². The van der Waals surface area contributed by atoms with Crippen LogP contribution in [0, 0.1) is 6.92 Å². The minimum atomic E-state index is -4.53. The predicted octanol–water partition coefficient (Wildman–Crippen LogP) is 2.83. The van der Waals surface area contributed by atoms with Gasteiger partial charge in [0.05, 0.1) is 11.2 Å². The molecule has 1 N–H and O–H groups in total. The molecular formula is C14H17ClF3N5O. The van der Waals surface area contributed by atoms with E-state index in [1.807, 2.05) is 0 Å². The zero-order valence-corrected chi connectivity index (χ0v) is 13.9. The molecule has 0 aliphatic heterocycles. The standard InChI is InChI=1S/C14H17ClF3N5O/c1-9-6-12(14(16,17)18)21-23(9)10(2)13(24)19-4-3-5-22-8-11(15)7-20-22/h6-8,10H,3-5H2,1-2H3,(H,19,24). The third kappa shape index (κ3) is 4.50. The van der Waals surface area contributed by atoms with E-state index in [9.17, 15) is 18.0 Å². The van der Waals surface area contributed by atoms with Gasteiger partial charge in [-0.3, -0.25) is 14.2 Å². The van der Waals surface area contributed by atoms with Crippen molar-refractivity contribution < 1.29 is 18.0 Å². The maximum absolute atomic E-state index is 12.7. The summed E-state index contributed by atoms with van der Waals surface area (Å²) in [6.45, 7) is 3.92. The largest absolute Gasteiger partial charge is 0.435 e. The molecule has 24 heavy (non-hydrogen) atoms. The Labute approximate surface area is 141 Å². The number of aryl methyl sites for hydroxylation is 2. The second-order valence-electron chi connectivity index (χ2n) is 5.36. The van der Waals surface area contributed by atoms with E-state index in [1.165, 1.54) is 20.0 Å². The molecule has 2 aromatic heterocycles. The lowest BCUT2D eigenvalue weighted by atomic mass is 10.3. The molecular weight excluding hydrogens is 347 g/mol. The number of nitrogens with one attached hydrogen (secondary N) is 1. The molecule has 0 aliphatic carbocycles. The number of carbonyl (C=O) groups is 1. The summed E-state index contributed by atoms with van der Waals surface area (Å²) in [6, 6.07) is 0.0888. The van der Waals surface area contributed by atoms with Gasteiger partial charge < -0.3 is 5.32 Å². The van der Waals surface area contributed by atoms with Crippen LogP contribution in [0.5, 0.6) is 0 Å². The molecule has 10 heteroatoms. The van der Waals surface area contributed by atoms with Crippen molar-refractivity contribution in [1.29, 1.82) is 0 Å². The fourth-order valence-electron chi connectivity index (χ4n) is 2.19. The summed E-state index contributed by atoms with van der Waals surface area (Å²) in [6.07, 6.45) is -0.738. The molecule has 0 aliphatic rings. The Hall–Kier alpha value is -2.03. The number of halogens is 4. The monoisotopic (exact) mass is 363 g/mol. The SMILES string of the molecule is Cc1cc(C(F)(F)F)nn1C(C)C(=O)NCCCn1cc(Cl)cn1. The second-order valence-corrected chi connectivity index (χ2v) is 5.79. The van der Waals surface area contributed by atoms with E-state index in [-0.39, 0.29) is 5.69 Å². The second kappa shape index (κ2) is 7.25. The highest BCUT2D eigenvalue weighted by atomic mass is 35.5. The van der Waals surface area contributed by atoms with Crippen LogP contribution in [0.1, 0.15) is 30.8 Å². The van der Waals surface area contributed by atoms with Gasteiger partial charge in [-0.2, -0.15) is 23.4 Å². The van der Waals surface area contributed by atoms with E-state index >= 15 is 0 Å². The summed E-state index contributed by atoms with van der Waals surface area (Å²) in [4.78, 5) is 12.1. The molecule has 6 nitrogen and oxygen atoms in total. The topological polar surface area (TPSA) is 64.7 Å². The fourth-order valence-corrected chi connectivity index (χ4v) is 2.35. The molecule has 0 saturated carbocycles. The zero-order valence-electron chi connectivity index (χ0n) is 13.1. The number of rotatable bonds is 6. The molecule has 132 valence electrons. The third-order valence-electron chi connectivity index (χ3n) is 3.42. The summed E-state index contributed by atoms with van der Waals surface area (Å²) in [5.41, 5.74) is -0.730. The number of hydrogen-bond acceptors (Lipinski definition) is 3. The fraction of sp³-hybridized carbons (Fsp3) is 0.500. The van der Waals surface area contributed by atoms with Crippen molar-refractivity contribution in [3.63, 3.8) is 0 Å². The van der Waals surface area contributed by atoms with Crippen molar-refractivity contribution in [2.75, 3.05) is 6.54 Å². The van der Waals surface area contributed by atoms with E-state index in [0.717, 1.165) is 10.7 Å². The van der Waals surface area contributed by atoms with Crippen molar-refractivity contribution >= 4 is 17.5 Å². The summed E-state index contributed by atoms with van der Waals surface area (Å²) in [5, 5.41) is 10.7. The minimum absolute atomic E-state index is 0.274. The van der Waals surface area contributed by atoms with Gasteiger partial charge in [0.25, 0.3) is 0 Å². The number of nitrogens with zero attached hydrogens (tertiary/aromatic N) is 4. The first kappa shape index (κ1) is 18.3. The Morgan fingerprint density at radius 3 is 2.71 bits per heavy atom. The van der Waals surface area contributed by atoms with Crippen LogP contribution in [0.25, 0.3) is 0 Å². The Balaban J connectivity index is 1.87. The van der Waals surface area contributed by atoms with E-state index in [1.54, 1.807) is 10.9 Å². The molecule has 1 amide bonds. The van der Waals surface area contributed by atoms with Crippen molar-refractivity contribution in [2.24, 2.45) is 0 Å². The van der Waals surface area contributed by atoms with Crippen molar-refractivity contribution in [3.8, 4) is 0 Å². The van der Waals surface area contributed by atoms with Crippen LogP contribution in [0.3, 0.4) is 0 Å². The summed E-state index contributed by atoms with van der Waals surface area (Å²) in [5.74, 6) is -0.395. The number of amides is 1. The lowest BCUT2D eigenvalue weighted by Gasteiger charge is -2.14. The van der Waals surface area contributed by atoms with Crippen LogP contribution in [0.4, 0.5) is 13.2 Å². The Kier molecular flexibility index (Phi) is 5.53. The Morgan fingerprint density at radius 1 is 1.46 bits per heavy atom. The van der Waals surface area contributed by atoms with Gasteiger partial charge in [0.1, 0.15) is 6.04 Å². The van der Waals surface area contributed by atoms with Crippen LogP contribution in [0.2, 0.25) is 5.02 Å². The molecule has 0 aromatic carbocycles. The average molecular weight is 364 g/mol. The molecule has 2 aromatic rings. The molecule has 0 saturated heterocycles. The number of alkyl halides is 3. The highest BCUT2D eigenvalue weighted by Crippen LogP contribution is 2.29. The van der Waals surface area contributed by atoms with Crippen LogP contribution >= 0.6 is 11.6 Å². The lowest BCUT2D eigenvalue weighted by molar-refractivity contribution is -0.142. The van der Waals surface area contributed by atoms with Gasteiger partial charge in [0, 0.05) is 25.0 Å². The van der Waals surface area contributed by atoms with Gasteiger partial charge >= 0.3 is 6.18 Å². The molecule has 0 fully saturated rings. The molecule has 2 heterocycles.